The molecule has 9 N–H and O–H groups in total. The van der Waals surface area contributed by atoms with Gasteiger partial charge in [-0.2, -0.15) is 0 Å². The number of rotatable bonds is 11. The van der Waals surface area contributed by atoms with Gasteiger partial charge in [0.1, 0.15) is 29.5 Å². The fourth-order valence-corrected chi connectivity index (χ4v) is 3.61. The van der Waals surface area contributed by atoms with E-state index in [4.69, 9.17) is 27.8 Å². The third-order valence-corrected chi connectivity index (χ3v) is 5.47. The molecule has 2 aromatic heterocycles. The summed E-state index contributed by atoms with van der Waals surface area (Å²) in [4.78, 5) is 33.8. The molecule has 0 aromatic carbocycles. The van der Waals surface area contributed by atoms with Gasteiger partial charge in [0.05, 0.1) is 19.0 Å². The number of anilines is 1. The quantitative estimate of drug-likeness (QED) is 0.131. The number of aromatic amines is 1. The maximum Gasteiger partial charge on any atom is 0.303 e. The number of nitrogens with zero attached hydrogens (tertiary/aromatic N) is 3. The highest BCUT2D eigenvalue weighted by Gasteiger charge is 2.43. The van der Waals surface area contributed by atoms with E-state index in [1.165, 1.54) is 10.9 Å². The Balaban J connectivity index is 1.58. The lowest BCUT2D eigenvalue weighted by Gasteiger charge is -2.17. The molecule has 1 fully saturated rings. The molecule has 1 aliphatic heterocycles. The molecule has 0 aliphatic carbocycles. The van der Waals surface area contributed by atoms with Crippen LogP contribution in [0, 0.1) is 4.64 Å². The molecule has 182 valence electrons. The third-order valence-electron chi connectivity index (χ3n) is 5.19. The Hall–Kier alpha value is -2.69. The minimum absolute atomic E-state index is 0.0586. The molecule has 0 radical (unpaired) electrons. The van der Waals surface area contributed by atoms with Gasteiger partial charge in [0.15, 0.2) is 10.9 Å². The summed E-state index contributed by atoms with van der Waals surface area (Å²) in [5.74, 6) is -1.10. The van der Waals surface area contributed by atoms with Crippen LogP contribution in [0.25, 0.3) is 11.2 Å². The monoisotopic (exact) mass is 485 g/mol. The number of aliphatic hydroxyl groups is 3. The number of hydrogen-bond donors (Lipinski definition) is 8. The smallest absolute Gasteiger partial charge is 0.303 e. The van der Waals surface area contributed by atoms with Crippen molar-refractivity contribution in [1.29, 1.82) is 0 Å². The van der Waals surface area contributed by atoms with Gasteiger partial charge in [-0.3, -0.25) is 14.2 Å². The molecule has 1 saturated heterocycles. The Kier molecular flexibility index (Phi) is 8.28. The number of ether oxygens (including phenoxy) is 1. The molecule has 1 aliphatic rings. The van der Waals surface area contributed by atoms with Crippen molar-refractivity contribution in [2.24, 2.45) is 5.73 Å². The van der Waals surface area contributed by atoms with E-state index in [2.05, 4.69) is 25.6 Å². The Bertz CT molecular complexity index is 1040. The van der Waals surface area contributed by atoms with E-state index in [0.717, 1.165) is 0 Å². The molecular formula is C18H27N7O7S. The fraction of sp³-hybridized carbons (Fsp3) is 0.611. The summed E-state index contributed by atoms with van der Waals surface area (Å²) in [7, 11) is 0. The van der Waals surface area contributed by atoms with E-state index in [9.17, 15) is 24.9 Å². The molecule has 1 unspecified atom stereocenters. The number of carboxylic acid groups (broad SMARTS) is 1. The molecule has 5 atom stereocenters. The first-order valence-corrected chi connectivity index (χ1v) is 10.7. The van der Waals surface area contributed by atoms with Crippen molar-refractivity contribution in [2.45, 2.75) is 49.8 Å². The second-order valence-corrected chi connectivity index (χ2v) is 7.97. The zero-order valence-electron chi connectivity index (χ0n) is 17.5. The molecule has 2 aromatic rings. The van der Waals surface area contributed by atoms with Gasteiger partial charge in [-0.25, -0.2) is 9.97 Å². The van der Waals surface area contributed by atoms with Gasteiger partial charge in [-0.1, -0.05) is 12.2 Å². The maximum atomic E-state index is 11.9. The van der Waals surface area contributed by atoms with Gasteiger partial charge in [0.25, 0.3) is 0 Å². The fourth-order valence-electron chi connectivity index (χ4n) is 3.37. The molecule has 14 nitrogen and oxygen atoms in total. The van der Waals surface area contributed by atoms with E-state index in [1.807, 2.05) is 0 Å². The molecule has 1 amide bonds. The average Bonchev–Trinajstić information content (AvgIpc) is 3.32. The maximum absolute atomic E-state index is 11.9. The van der Waals surface area contributed by atoms with Crippen molar-refractivity contribution in [2.75, 3.05) is 25.0 Å². The molecule has 0 saturated carbocycles. The standard InChI is InChI=1S/C18H27N7O7S/c19-8(2-3-10(27)28)15(31)20-4-1-5-21-18-23-14-11(16(33)24-18)22-7-25(14)17-13(30)12(29)9(6-26)32-17/h7-9,12-13,17,26,29-30H,1-6,19H2,(H,20,31)(H,27,28)(H2,21,23,24,33)/t8?,9-,12-,13-,17-/m1/s1. The van der Waals surface area contributed by atoms with Crippen molar-refractivity contribution < 1.29 is 34.8 Å². The van der Waals surface area contributed by atoms with Gasteiger partial charge in [-0.15, -0.1) is 0 Å². The van der Waals surface area contributed by atoms with Crippen molar-refractivity contribution in [1.82, 2.24) is 24.8 Å². The first-order chi connectivity index (χ1) is 15.7. The Labute approximate surface area is 192 Å². The van der Waals surface area contributed by atoms with Crippen LogP contribution in [0.2, 0.25) is 0 Å². The number of nitrogens with two attached hydrogens (primary N) is 1. The second-order valence-electron chi connectivity index (χ2n) is 7.58. The molecular weight excluding hydrogens is 458 g/mol. The zero-order chi connectivity index (χ0) is 24.1. The van der Waals surface area contributed by atoms with Gasteiger partial charge in [-0.05, 0) is 12.8 Å². The molecule has 15 heteroatoms. The van der Waals surface area contributed by atoms with E-state index >= 15 is 0 Å². The number of carbonyl (C=O) groups excluding carboxylic acids is 1. The average molecular weight is 486 g/mol. The van der Waals surface area contributed by atoms with E-state index < -0.39 is 49.1 Å². The molecule has 0 bridgehead atoms. The van der Waals surface area contributed by atoms with Crippen LogP contribution in [0.3, 0.4) is 0 Å². The number of aliphatic hydroxyl groups excluding tert-OH is 3. The van der Waals surface area contributed by atoms with E-state index in [1.54, 1.807) is 0 Å². The minimum Gasteiger partial charge on any atom is -0.481 e. The highest BCUT2D eigenvalue weighted by atomic mass is 32.1. The number of carbonyl (C=O) groups is 2. The van der Waals surface area contributed by atoms with Crippen LogP contribution in [-0.2, 0) is 14.3 Å². The van der Waals surface area contributed by atoms with E-state index in [0.29, 0.717) is 36.6 Å². The first kappa shape index (κ1) is 24.9. The van der Waals surface area contributed by atoms with Gasteiger partial charge in [0, 0.05) is 19.5 Å². The largest absolute Gasteiger partial charge is 0.481 e. The number of aromatic nitrogens is 4. The van der Waals surface area contributed by atoms with Crippen molar-refractivity contribution in [3.63, 3.8) is 0 Å². The number of imidazole rings is 1. The van der Waals surface area contributed by atoms with Gasteiger partial charge in [0.2, 0.25) is 11.9 Å². The lowest BCUT2D eigenvalue weighted by Crippen LogP contribution is -2.41. The summed E-state index contributed by atoms with van der Waals surface area (Å²) in [6.45, 7) is 0.277. The van der Waals surface area contributed by atoms with Crippen molar-refractivity contribution in [3.05, 3.63) is 11.0 Å². The van der Waals surface area contributed by atoms with Gasteiger partial charge < -0.3 is 46.5 Å². The number of hydrogen-bond acceptors (Lipinski definition) is 11. The highest BCUT2D eigenvalue weighted by Crippen LogP contribution is 2.31. The molecule has 3 heterocycles. The second kappa shape index (κ2) is 11.0. The number of amides is 1. The summed E-state index contributed by atoms with van der Waals surface area (Å²) in [5, 5.41) is 43.9. The van der Waals surface area contributed by atoms with Crippen molar-refractivity contribution in [3.8, 4) is 0 Å². The number of nitrogens with one attached hydrogen (secondary N) is 3. The first-order valence-electron chi connectivity index (χ1n) is 10.3. The predicted molar refractivity (Wildman–Crippen MR) is 117 cm³/mol. The molecule has 33 heavy (non-hydrogen) atoms. The summed E-state index contributed by atoms with van der Waals surface area (Å²) in [6.07, 6.45) is -2.66. The Morgan fingerprint density at radius 3 is 2.76 bits per heavy atom. The molecule has 0 spiro atoms. The van der Waals surface area contributed by atoms with Crippen LogP contribution in [0.4, 0.5) is 5.95 Å². The molecule has 3 rings (SSSR count). The highest BCUT2D eigenvalue weighted by molar-refractivity contribution is 7.71. The van der Waals surface area contributed by atoms with Crippen LogP contribution in [-0.4, -0.2) is 95.9 Å². The summed E-state index contributed by atoms with van der Waals surface area (Å²) in [5.41, 5.74) is 6.43. The Morgan fingerprint density at radius 2 is 2.09 bits per heavy atom. The number of carboxylic acids is 1. The third kappa shape index (κ3) is 5.82. The number of H-pyrrole nitrogens is 1. The zero-order valence-corrected chi connectivity index (χ0v) is 18.4. The summed E-state index contributed by atoms with van der Waals surface area (Å²) < 4.78 is 7.22. The number of fused-ring (bicyclic) bond motifs is 1. The summed E-state index contributed by atoms with van der Waals surface area (Å²) in [6, 6.07) is -0.883. The minimum atomic E-state index is -1.28. The number of aliphatic carboxylic acids is 1. The Morgan fingerprint density at radius 1 is 1.33 bits per heavy atom. The van der Waals surface area contributed by atoms with Crippen LogP contribution in [0.15, 0.2) is 6.33 Å². The normalized spacial score (nSPS) is 23.5. The lowest BCUT2D eigenvalue weighted by atomic mass is 10.1. The SMILES string of the molecule is NC(CCC(=O)O)C(=O)NCCCNc1nc(=S)c2ncn([C@@H]3O[C@H](CO)[C@@H](O)[C@H]3O)c2[nH]1. The van der Waals surface area contributed by atoms with E-state index in [-0.39, 0.29) is 17.5 Å². The van der Waals surface area contributed by atoms with Crippen LogP contribution in [0.1, 0.15) is 25.5 Å². The van der Waals surface area contributed by atoms with Crippen LogP contribution < -0.4 is 16.4 Å². The van der Waals surface area contributed by atoms with Crippen LogP contribution >= 0.6 is 12.2 Å². The predicted octanol–water partition coefficient (Wildman–Crippen LogP) is -1.79. The summed E-state index contributed by atoms with van der Waals surface area (Å²) >= 11 is 5.28. The topological polar surface area (TPSA) is 221 Å². The van der Waals surface area contributed by atoms with Gasteiger partial charge >= 0.3 is 5.97 Å². The van der Waals surface area contributed by atoms with Crippen molar-refractivity contribution >= 4 is 41.2 Å². The van der Waals surface area contributed by atoms with Crippen LogP contribution in [0.5, 0.6) is 0 Å². The lowest BCUT2D eigenvalue weighted by molar-refractivity contribution is -0.137.